The van der Waals surface area contributed by atoms with Crippen LogP contribution < -0.4 is 5.73 Å². The Labute approximate surface area is 89.5 Å². The molecule has 2 rings (SSSR count). The van der Waals surface area contributed by atoms with Gasteiger partial charge in [-0.3, -0.25) is 0 Å². The predicted octanol–water partition coefficient (Wildman–Crippen LogP) is 1.47. The Balaban J connectivity index is 2.20. The Kier molecular flexibility index (Phi) is 2.67. The maximum Gasteiger partial charge on any atom is 0.120 e. The number of aliphatic hydroxyl groups excluding tert-OH is 1. The molecule has 0 heterocycles. The van der Waals surface area contributed by atoms with E-state index in [0.29, 0.717) is 11.5 Å². The molecule has 0 amide bonds. The molecule has 0 aliphatic heterocycles. The van der Waals surface area contributed by atoms with E-state index < -0.39 is 12.1 Å². The van der Waals surface area contributed by atoms with Crippen LogP contribution in [-0.4, -0.2) is 16.3 Å². The van der Waals surface area contributed by atoms with E-state index in [9.17, 15) is 10.2 Å². The molecular formula is C12H17NO2. The standard InChI is InChI=1S/C12H17NO2/c1-7-2-5-9(10(14)6-7)11(13)12(15)8-3-4-8/h2,5-6,8,11-12,14-15H,3-4,13H2,1H3/t11-,12+/m0/s1. The Morgan fingerprint density at radius 1 is 1.40 bits per heavy atom. The van der Waals surface area contributed by atoms with Crippen LogP contribution in [0.4, 0.5) is 0 Å². The summed E-state index contributed by atoms with van der Waals surface area (Å²) >= 11 is 0. The van der Waals surface area contributed by atoms with Crippen LogP contribution in [0.2, 0.25) is 0 Å². The molecule has 3 nitrogen and oxygen atoms in total. The van der Waals surface area contributed by atoms with Gasteiger partial charge < -0.3 is 15.9 Å². The molecule has 82 valence electrons. The van der Waals surface area contributed by atoms with Crippen molar-refractivity contribution in [1.29, 1.82) is 0 Å². The molecule has 1 aliphatic carbocycles. The number of hydrogen-bond acceptors (Lipinski definition) is 3. The number of phenolic OH excluding ortho intramolecular Hbond substituents is 1. The van der Waals surface area contributed by atoms with Gasteiger partial charge in [0, 0.05) is 5.56 Å². The topological polar surface area (TPSA) is 66.5 Å². The normalized spacial score (nSPS) is 19.9. The molecule has 4 N–H and O–H groups in total. The zero-order valence-electron chi connectivity index (χ0n) is 8.85. The van der Waals surface area contributed by atoms with E-state index in [0.717, 1.165) is 18.4 Å². The molecule has 0 spiro atoms. The number of phenols is 1. The first-order valence-electron chi connectivity index (χ1n) is 5.33. The van der Waals surface area contributed by atoms with Gasteiger partial charge in [-0.25, -0.2) is 0 Å². The van der Waals surface area contributed by atoms with Gasteiger partial charge >= 0.3 is 0 Å². The zero-order chi connectivity index (χ0) is 11.0. The van der Waals surface area contributed by atoms with Crippen LogP contribution >= 0.6 is 0 Å². The van der Waals surface area contributed by atoms with Crippen molar-refractivity contribution in [1.82, 2.24) is 0 Å². The van der Waals surface area contributed by atoms with Crippen molar-refractivity contribution in [2.75, 3.05) is 0 Å². The van der Waals surface area contributed by atoms with Crippen molar-refractivity contribution in [3.63, 3.8) is 0 Å². The molecule has 1 aromatic rings. The highest BCUT2D eigenvalue weighted by molar-refractivity contribution is 5.38. The third kappa shape index (κ3) is 2.13. The fourth-order valence-corrected chi connectivity index (χ4v) is 1.85. The number of nitrogens with two attached hydrogens (primary N) is 1. The summed E-state index contributed by atoms with van der Waals surface area (Å²) in [4.78, 5) is 0. The van der Waals surface area contributed by atoms with Crippen LogP contribution in [0, 0.1) is 12.8 Å². The molecule has 1 saturated carbocycles. The lowest BCUT2D eigenvalue weighted by molar-refractivity contribution is 0.121. The van der Waals surface area contributed by atoms with Crippen LogP contribution in [0.15, 0.2) is 18.2 Å². The van der Waals surface area contributed by atoms with Crippen LogP contribution in [0.5, 0.6) is 5.75 Å². The summed E-state index contributed by atoms with van der Waals surface area (Å²) in [5.74, 6) is 0.503. The summed E-state index contributed by atoms with van der Waals surface area (Å²) in [6.45, 7) is 1.91. The number of benzene rings is 1. The van der Waals surface area contributed by atoms with E-state index >= 15 is 0 Å². The lowest BCUT2D eigenvalue weighted by Crippen LogP contribution is -2.27. The van der Waals surface area contributed by atoms with Gasteiger partial charge in [0.05, 0.1) is 12.1 Å². The minimum Gasteiger partial charge on any atom is -0.508 e. The molecule has 1 fully saturated rings. The van der Waals surface area contributed by atoms with Gasteiger partial charge in [0.2, 0.25) is 0 Å². The van der Waals surface area contributed by atoms with Gasteiger partial charge in [-0.2, -0.15) is 0 Å². The van der Waals surface area contributed by atoms with Crippen molar-refractivity contribution in [2.24, 2.45) is 11.7 Å². The van der Waals surface area contributed by atoms with Gasteiger partial charge in [0.15, 0.2) is 0 Å². The molecule has 1 aliphatic rings. The van der Waals surface area contributed by atoms with Gasteiger partial charge in [0.1, 0.15) is 5.75 Å². The van der Waals surface area contributed by atoms with Crippen molar-refractivity contribution in [3.8, 4) is 5.75 Å². The minimum atomic E-state index is -0.529. The van der Waals surface area contributed by atoms with Crippen LogP contribution in [0.1, 0.15) is 30.0 Å². The molecule has 2 atom stereocenters. The van der Waals surface area contributed by atoms with Crippen LogP contribution in [0.25, 0.3) is 0 Å². The molecule has 15 heavy (non-hydrogen) atoms. The van der Waals surface area contributed by atoms with E-state index in [2.05, 4.69) is 0 Å². The molecule has 1 aromatic carbocycles. The fraction of sp³-hybridized carbons (Fsp3) is 0.500. The average Bonchev–Trinajstić information content (AvgIpc) is 2.99. The highest BCUT2D eigenvalue weighted by Crippen LogP contribution is 2.38. The molecule has 0 bridgehead atoms. The van der Waals surface area contributed by atoms with Gasteiger partial charge in [-0.15, -0.1) is 0 Å². The van der Waals surface area contributed by atoms with E-state index in [1.54, 1.807) is 12.1 Å². The summed E-state index contributed by atoms with van der Waals surface area (Å²) < 4.78 is 0. The number of aliphatic hydroxyl groups is 1. The quantitative estimate of drug-likeness (QED) is 0.703. The second-order valence-electron chi connectivity index (χ2n) is 4.42. The van der Waals surface area contributed by atoms with Gasteiger partial charge in [-0.05, 0) is 37.3 Å². The lowest BCUT2D eigenvalue weighted by atomic mass is 9.97. The van der Waals surface area contributed by atoms with Crippen molar-refractivity contribution in [2.45, 2.75) is 31.9 Å². The van der Waals surface area contributed by atoms with Crippen LogP contribution in [-0.2, 0) is 0 Å². The molecule has 0 radical (unpaired) electrons. The van der Waals surface area contributed by atoms with Crippen molar-refractivity contribution < 1.29 is 10.2 Å². The van der Waals surface area contributed by atoms with E-state index in [4.69, 9.17) is 5.73 Å². The second kappa shape index (κ2) is 3.83. The molecule has 0 aromatic heterocycles. The fourth-order valence-electron chi connectivity index (χ4n) is 1.85. The van der Waals surface area contributed by atoms with E-state index in [1.165, 1.54) is 0 Å². The smallest absolute Gasteiger partial charge is 0.120 e. The number of aromatic hydroxyl groups is 1. The average molecular weight is 207 g/mol. The monoisotopic (exact) mass is 207 g/mol. The number of aryl methyl sites for hydroxylation is 1. The predicted molar refractivity (Wildman–Crippen MR) is 58.5 cm³/mol. The maximum atomic E-state index is 9.87. The first-order valence-corrected chi connectivity index (χ1v) is 5.33. The summed E-state index contributed by atoms with van der Waals surface area (Å²) in [6.07, 6.45) is 1.56. The first kappa shape index (κ1) is 10.5. The highest BCUT2D eigenvalue weighted by atomic mass is 16.3. The third-order valence-electron chi connectivity index (χ3n) is 3.02. The molecule has 0 saturated heterocycles. The Hall–Kier alpha value is -1.06. The number of rotatable bonds is 3. The molecule has 0 unspecified atom stereocenters. The maximum absolute atomic E-state index is 9.87. The second-order valence-corrected chi connectivity index (χ2v) is 4.42. The Morgan fingerprint density at radius 2 is 2.07 bits per heavy atom. The SMILES string of the molecule is Cc1ccc([C@H](N)[C@H](O)C2CC2)c(O)c1. The largest absolute Gasteiger partial charge is 0.508 e. The minimum absolute atomic E-state index is 0.183. The lowest BCUT2D eigenvalue weighted by Gasteiger charge is -2.19. The zero-order valence-corrected chi connectivity index (χ0v) is 8.85. The summed E-state index contributed by atoms with van der Waals surface area (Å²) in [6, 6.07) is 4.89. The molecule has 3 heteroatoms. The summed E-state index contributed by atoms with van der Waals surface area (Å²) in [5, 5.41) is 19.6. The first-order chi connectivity index (χ1) is 7.09. The Bertz CT molecular complexity index is 361. The van der Waals surface area contributed by atoms with E-state index in [1.807, 2.05) is 13.0 Å². The Morgan fingerprint density at radius 3 is 2.60 bits per heavy atom. The van der Waals surface area contributed by atoms with Gasteiger partial charge in [0.25, 0.3) is 0 Å². The molecular weight excluding hydrogens is 190 g/mol. The van der Waals surface area contributed by atoms with Crippen molar-refractivity contribution in [3.05, 3.63) is 29.3 Å². The summed E-state index contributed by atoms with van der Waals surface area (Å²) in [7, 11) is 0. The van der Waals surface area contributed by atoms with Gasteiger partial charge in [-0.1, -0.05) is 12.1 Å². The number of hydrogen-bond donors (Lipinski definition) is 3. The highest BCUT2D eigenvalue weighted by Gasteiger charge is 2.34. The third-order valence-corrected chi connectivity index (χ3v) is 3.02. The summed E-state index contributed by atoms with van der Waals surface area (Å²) in [5.41, 5.74) is 7.55. The van der Waals surface area contributed by atoms with E-state index in [-0.39, 0.29) is 5.75 Å². The van der Waals surface area contributed by atoms with Crippen LogP contribution in [0.3, 0.4) is 0 Å². The van der Waals surface area contributed by atoms with Crippen molar-refractivity contribution >= 4 is 0 Å².